The summed E-state index contributed by atoms with van der Waals surface area (Å²) < 4.78 is 21.9. The molecule has 0 bridgehead atoms. The molecule has 37 heavy (non-hydrogen) atoms. The normalized spacial score (nSPS) is 16.7. The van der Waals surface area contributed by atoms with Crippen LogP contribution < -0.4 is 0 Å². The molecule has 9 heteroatoms. The number of carbonyl (C=O) groups excluding carboxylic acids is 1. The van der Waals surface area contributed by atoms with Crippen molar-refractivity contribution in [3.05, 3.63) is 69.7 Å². The van der Waals surface area contributed by atoms with Crippen molar-refractivity contribution < 1.29 is 23.7 Å². The zero-order valence-corrected chi connectivity index (χ0v) is 23.3. The van der Waals surface area contributed by atoms with Gasteiger partial charge in [-0.3, -0.25) is 9.69 Å². The molecule has 0 saturated carbocycles. The van der Waals surface area contributed by atoms with Gasteiger partial charge in [0.15, 0.2) is 0 Å². The van der Waals surface area contributed by atoms with Crippen molar-refractivity contribution >= 4 is 29.1 Å². The second kappa shape index (κ2) is 16.3. The molecule has 0 aromatic heterocycles. The number of nitrogens with zero attached hydrogens (tertiary/aromatic N) is 2. The summed E-state index contributed by atoms with van der Waals surface area (Å²) in [5.74, 6) is 0.0302. The number of hydrogen-bond donors (Lipinski definition) is 0. The summed E-state index contributed by atoms with van der Waals surface area (Å²) in [6, 6.07) is 15.4. The van der Waals surface area contributed by atoms with E-state index in [4.69, 9.17) is 42.1 Å². The van der Waals surface area contributed by atoms with Gasteiger partial charge in [0.1, 0.15) is 0 Å². The van der Waals surface area contributed by atoms with Crippen molar-refractivity contribution in [3.63, 3.8) is 0 Å². The third-order valence-corrected chi connectivity index (χ3v) is 7.17. The van der Waals surface area contributed by atoms with Gasteiger partial charge in [0.05, 0.1) is 68.3 Å². The molecule has 1 aliphatic heterocycles. The number of carbonyl (C=O) groups is 1. The Morgan fingerprint density at radius 3 is 2.41 bits per heavy atom. The van der Waals surface area contributed by atoms with Crippen molar-refractivity contribution in [2.45, 2.75) is 25.0 Å². The van der Waals surface area contributed by atoms with Crippen LogP contribution in [0.5, 0.6) is 0 Å². The van der Waals surface area contributed by atoms with E-state index < -0.39 is 0 Å². The summed E-state index contributed by atoms with van der Waals surface area (Å²) in [4.78, 5) is 17.5. The summed E-state index contributed by atoms with van der Waals surface area (Å²) in [5, 5.41) is 0.941. The minimum Gasteiger partial charge on any atom is -0.382 e. The molecular formula is C28H38Cl2N2O5. The lowest BCUT2D eigenvalue weighted by Crippen LogP contribution is -2.39. The monoisotopic (exact) mass is 552 g/mol. The summed E-state index contributed by atoms with van der Waals surface area (Å²) in [7, 11) is 3.53. The first kappa shape index (κ1) is 29.8. The van der Waals surface area contributed by atoms with Gasteiger partial charge in [-0.25, -0.2) is 0 Å². The third kappa shape index (κ3) is 10.2. The number of methoxy groups -OCH3 is 1. The predicted octanol–water partition coefficient (Wildman–Crippen LogP) is 4.51. The molecule has 2 aromatic rings. The number of hydrogen-bond acceptors (Lipinski definition) is 6. The topological polar surface area (TPSA) is 60.5 Å². The van der Waals surface area contributed by atoms with Gasteiger partial charge in [0.25, 0.3) is 0 Å². The van der Waals surface area contributed by atoms with Crippen LogP contribution >= 0.6 is 23.2 Å². The number of halogens is 2. The molecule has 0 spiro atoms. The van der Waals surface area contributed by atoms with Gasteiger partial charge in [-0.15, -0.1) is 0 Å². The number of likely N-dealkylation sites (tertiary alicyclic amines) is 1. The highest BCUT2D eigenvalue weighted by atomic mass is 35.5. The fourth-order valence-electron chi connectivity index (χ4n) is 4.33. The van der Waals surface area contributed by atoms with Crippen LogP contribution in [-0.4, -0.2) is 95.2 Å². The van der Waals surface area contributed by atoms with Crippen molar-refractivity contribution in [3.8, 4) is 0 Å². The summed E-state index contributed by atoms with van der Waals surface area (Å²) in [5.41, 5.74) is 1.95. The summed E-state index contributed by atoms with van der Waals surface area (Å²) in [6.07, 6.45) is 1.39. The van der Waals surface area contributed by atoms with E-state index in [0.717, 1.165) is 37.2 Å². The maximum Gasteiger partial charge on any atom is 0.227 e. The van der Waals surface area contributed by atoms with E-state index in [2.05, 4.69) is 17.0 Å². The van der Waals surface area contributed by atoms with E-state index in [1.165, 1.54) is 0 Å². The van der Waals surface area contributed by atoms with Crippen LogP contribution in [0.15, 0.2) is 48.5 Å². The Morgan fingerprint density at radius 2 is 1.70 bits per heavy atom. The zero-order chi connectivity index (χ0) is 26.5. The number of ether oxygens (including phenoxy) is 4. The lowest BCUT2D eigenvalue weighted by atomic mass is 10.0. The second-order valence-electron chi connectivity index (χ2n) is 9.11. The van der Waals surface area contributed by atoms with Gasteiger partial charge in [0.2, 0.25) is 5.91 Å². The van der Waals surface area contributed by atoms with Crippen LogP contribution in [0.2, 0.25) is 10.0 Å². The average Bonchev–Trinajstić information content (AvgIpc) is 3.36. The van der Waals surface area contributed by atoms with Gasteiger partial charge < -0.3 is 23.8 Å². The lowest BCUT2D eigenvalue weighted by molar-refractivity contribution is -0.131. The molecular weight excluding hydrogens is 515 g/mol. The Kier molecular flexibility index (Phi) is 13.1. The predicted molar refractivity (Wildman–Crippen MR) is 146 cm³/mol. The number of amides is 1. The summed E-state index contributed by atoms with van der Waals surface area (Å²) in [6.45, 7) is 5.87. The molecule has 1 aliphatic rings. The van der Waals surface area contributed by atoms with E-state index in [1.807, 2.05) is 36.2 Å². The molecule has 2 atom stereocenters. The van der Waals surface area contributed by atoms with Gasteiger partial charge >= 0.3 is 0 Å². The van der Waals surface area contributed by atoms with Gasteiger partial charge in [-0.2, -0.15) is 0 Å². The molecule has 204 valence electrons. The molecule has 1 fully saturated rings. The highest BCUT2D eigenvalue weighted by Gasteiger charge is 2.29. The Bertz CT molecular complexity index is 949. The molecule has 7 nitrogen and oxygen atoms in total. The Balaban J connectivity index is 1.47. The smallest absolute Gasteiger partial charge is 0.227 e. The fraction of sp³-hybridized carbons (Fsp3) is 0.536. The first-order chi connectivity index (χ1) is 18.0. The van der Waals surface area contributed by atoms with Crippen molar-refractivity contribution in [1.29, 1.82) is 0 Å². The molecule has 0 N–H and O–H groups in total. The van der Waals surface area contributed by atoms with Crippen LogP contribution in [0.3, 0.4) is 0 Å². The maximum absolute atomic E-state index is 13.2. The SMILES string of the molecule is COCCOCCOCCO[C@H]1CCN(CC(c2ccccc2)N(C)C(=O)Cc2ccc(Cl)c(Cl)c2)C1. The highest BCUT2D eigenvalue weighted by Crippen LogP contribution is 2.26. The molecule has 1 unspecified atom stereocenters. The largest absolute Gasteiger partial charge is 0.382 e. The summed E-state index contributed by atoms with van der Waals surface area (Å²) >= 11 is 12.2. The van der Waals surface area contributed by atoms with E-state index in [9.17, 15) is 4.79 Å². The Morgan fingerprint density at radius 1 is 1.00 bits per heavy atom. The van der Waals surface area contributed by atoms with Gasteiger partial charge in [-0.1, -0.05) is 59.6 Å². The Labute approximate surface area is 230 Å². The number of likely N-dealkylation sites (N-methyl/N-ethyl adjacent to an activating group) is 1. The molecule has 1 amide bonds. The minimum absolute atomic E-state index is 0.0302. The quantitative estimate of drug-likeness (QED) is 0.285. The lowest BCUT2D eigenvalue weighted by Gasteiger charge is -2.32. The van der Waals surface area contributed by atoms with Crippen molar-refractivity contribution in [1.82, 2.24) is 9.80 Å². The van der Waals surface area contributed by atoms with Gasteiger partial charge in [0, 0.05) is 33.8 Å². The fourth-order valence-corrected chi connectivity index (χ4v) is 4.65. The van der Waals surface area contributed by atoms with Crippen LogP contribution in [0.4, 0.5) is 0 Å². The third-order valence-electron chi connectivity index (χ3n) is 6.43. The van der Waals surface area contributed by atoms with E-state index in [1.54, 1.807) is 19.2 Å². The first-order valence-electron chi connectivity index (χ1n) is 12.7. The molecule has 0 radical (unpaired) electrons. The molecule has 0 aliphatic carbocycles. The van der Waals surface area contributed by atoms with Crippen molar-refractivity contribution in [2.24, 2.45) is 0 Å². The maximum atomic E-state index is 13.2. The Hall–Kier alpha value is -1.71. The highest BCUT2D eigenvalue weighted by molar-refractivity contribution is 6.42. The molecule has 2 aromatic carbocycles. The number of benzene rings is 2. The van der Waals surface area contributed by atoms with Crippen LogP contribution in [0.25, 0.3) is 0 Å². The molecule has 1 saturated heterocycles. The first-order valence-corrected chi connectivity index (χ1v) is 13.5. The van der Waals surface area contributed by atoms with E-state index in [-0.39, 0.29) is 24.5 Å². The minimum atomic E-state index is -0.0725. The van der Waals surface area contributed by atoms with E-state index in [0.29, 0.717) is 49.7 Å². The molecule has 3 rings (SSSR count). The zero-order valence-electron chi connectivity index (χ0n) is 21.7. The van der Waals surface area contributed by atoms with Crippen molar-refractivity contribution in [2.75, 3.05) is 73.4 Å². The average molecular weight is 554 g/mol. The standard InChI is InChI=1S/C28H38Cl2N2O5/c1-31(28(33)19-22-8-9-25(29)26(30)18-22)27(23-6-4-3-5-7-23)21-32-11-10-24(20-32)37-17-16-36-15-14-35-13-12-34-2/h3-9,18,24,27H,10-17,19-21H2,1-2H3/t24-,27?/m0/s1. The number of rotatable bonds is 16. The van der Waals surface area contributed by atoms with Gasteiger partial charge in [-0.05, 0) is 29.7 Å². The van der Waals surface area contributed by atoms with Crippen LogP contribution in [0.1, 0.15) is 23.6 Å². The van der Waals surface area contributed by atoms with Crippen LogP contribution in [0, 0.1) is 0 Å². The van der Waals surface area contributed by atoms with Crippen LogP contribution in [-0.2, 0) is 30.2 Å². The molecule has 1 heterocycles. The van der Waals surface area contributed by atoms with E-state index >= 15 is 0 Å². The second-order valence-corrected chi connectivity index (χ2v) is 9.93.